The van der Waals surface area contributed by atoms with Gasteiger partial charge in [0, 0.05) is 43.2 Å². The van der Waals surface area contributed by atoms with E-state index in [2.05, 4.69) is 0 Å². The maximum Gasteiger partial charge on any atom is 0.143 e. The normalized spacial score (nSPS) is 15.9. The smallest absolute Gasteiger partial charge is 0.143 e. The molecule has 1 aromatic heterocycles. The molecule has 0 radical (unpaired) electrons. The number of thiophene rings is 1. The molecule has 9 aromatic carbocycles. The Morgan fingerprint density at radius 3 is 2.13 bits per heavy atom. The summed E-state index contributed by atoms with van der Waals surface area (Å²) >= 11 is 0.804. The number of hydrogen-bond acceptors (Lipinski definition) is 3. The Kier molecular flexibility index (Phi) is 4.54. The highest BCUT2D eigenvalue weighted by atomic mass is 32.1. The first kappa shape index (κ1) is 19.4. The summed E-state index contributed by atoms with van der Waals surface area (Å²) in [6.45, 7) is 0. The summed E-state index contributed by atoms with van der Waals surface area (Å²) in [5.74, 6) is 1.01. The SMILES string of the molecule is [2H]c1c([2H])c([2H])c(-c2c([2H])c([2H])c([2H])c([2H])c2N(c2ccc3c(c2)-c2ccc4ccccc4c2Oc2cc(-c4ccccc4)ccc2-3)c2c([2H])c([2H])c([2H])c3c2sc2c([2H])c([2H])c([2H])c([2H])c23)c([2H])c1[2H]. The molecular formula is C52H33NOS. The quantitative estimate of drug-likeness (QED) is 0.174. The van der Waals surface area contributed by atoms with Crippen LogP contribution in [0.4, 0.5) is 17.1 Å². The van der Waals surface area contributed by atoms with Crippen LogP contribution in [0.3, 0.4) is 0 Å². The van der Waals surface area contributed by atoms with Crippen molar-refractivity contribution in [3.05, 3.63) is 200 Å². The standard InChI is InChI=1S/C52H33NOS/c1-3-14-34(15-4-1)37-27-29-42-41-31-28-38(33-46(41)44-30-26-36-18-7-8-20-40(36)51(44)54-49(42)32-37)53(47-23-11-9-19-39(47)35-16-5-2-6-17-35)48-24-13-22-45-43-21-10-12-25-50(43)55-52(45)48/h1-33H/i2D,5D,6D,9D,10D,11D,12D,13D,16D,17D,19D,21D,22D,23D,24D,25D. The van der Waals surface area contributed by atoms with E-state index >= 15 is 0 Å². The second-order valence-electron chi connectivity index (χ2n) is 12.9. The van der Waals surface area contributed by atoms with Gasteiger partial charge in [0.05, 0.1) is 38.0 Å². The summed E-state index contributed by atoms with van der Waals surface area (Å²) < 4.78 is 151. The summed E-state index contributed by atoms with van der Waals surface area (Å²) in [6, 6.07) is 21.3. The van der Waals surface area contributed by atoms with Gasteiger partial charge in [0.2, 0.25) is 0 Å². The van der Waals surface area contributed by atoms with Crippen molar-refractivity contribution in [1.29, 1.82) is 0 Å². The van der Waals surface area contributed by atoms with E-state index in [4.69, 9.17) is 19.8 Å². The summed E-state index contributed by atoms with van der Waals surface area (Å²) in [7, 11) is 0. The minimum Gasteiger partial charge on any atom is -0.455 e. The van der Waals surface area contributed by atoms with Gasteiger partial charge in [-0.2, -0.15) is 0 Å². The van der Waals surface area contributed by atoms with Gasteiger partial charge in [0.1, 0.15) is 11.5 Å². The van der Waals surface area contributed by atoms with Crippen molar-refractivity contribution in [1.82, 2.24) is 0 Å². The van der Waals surface area contributed by atoms with Gasteiger partial charge in [0.25, 0.3) is 0 Å². The Labute approximate surface area is 346 Å². The molecule has 0 fully saturated rings. The molecule has 0 unspecified atom stereocenters. The molecule has 0 saturated heterocycles. The van der Waals surface area contributed by atoms with Crippen molar-refractivity contribution in [3.8, 4) is 56.0 Å². The van der Waals surface area contributed by atoms with Crippen LogP contribution in [0.1, 0.15) is 21.9 Å². The highest BCUT2D eigenvalue weighted by molar-refractivity contribution is 7.26. The lowest BCUT2D eigenvalue weighted by Crippen LogP contribution is -2.11. The lowest BCUT2D eigenvalue weighted by Gasteiger charge is -2.29. The van der Waals surface area contributed by atoms with Gasteiger partial charge in [-0.15, -0.1) is 11.3 Å². The fourth-order valence-electron chi connectivity index (χ4n) is 7.32. The Bertz CT molecular complexity index is 3980. The van der Waals surface area contributed by atoms with Crippen LogP contribution in [0.2, 0.25) is 0 Å². The molecule has 10 aromatic rings. The largest absolute Gasteiger partial charge is 0.455 e. The van der Waals surface area contributed by atoms with E-state index in [9.17, 15) is 6.85 Å². The van der Waals surface area contributed by atoms with Crippen LogP contribution in [-0.4, -0.2) is 0 Å². The zero-order valence-electron chi connectivity index (χ0n) is 44.6. The molecule has 1 aliphatic heterocycles. The van der Waals surface area contributed by atoms with Gasteiger partial charge in [-0.25, -0.2) is 0 Å². The number of nitrogens with zero attached hydrogens (tertiary/aromatic N) is 1. The third-order valence-electron chi connectivity index (χ3n) is 9.80. The molecule has 55 heavy (non-hydrogen) atoms. The third-order valence-corrected chi connectivity index (χ3v) is 10.9. The van der Waals surface area contributed by atoms with Gasteiger partial charge >= 0.3 is 0 Å². The van der Waals surface area contributed by atoms with Crippen LogP contribution in [-0.2, 0) is 0 Å². The van der Waals surface area contributed by atoms with Crippen molar-refractivity contribution >= 4 is 59.3 Å². The fourth-order valence-corrected chi connectivity index (χ4v) is 8.37. The average Bonchev–Trinajstić information content (AvgIpc) is 3.72. The van der Waals surface area contributed by atoms with Crippen LogP contribution in [0.25, 0.3) is 75.5 Å². The van der Waals surface area contributed by atoms with Crippen molar-refractivity contribution in [3.63, 3.8) is 0 Å². The van der Waals surface area contributed by atoms with E-state index in [1.165, 1.54) is 4.90 Å². The summed E-state index contributed by atoms with van der Waals surface area (Å²) in [6.07, 6.45) is 0. The second-order valence-corrected chi connectivity index (χ2v) is 13.9. The number of para-hydroxylation sites is 1. The number of anilines is 3. The van der Waals surface area contributed by atoms with Crippen molar-refractivity contribution in [2.45, 2.75) is 0 Å². The number of hydrogen-bond donors (Lipinski definition) is 0. The number of rotatable bonds is 5. The Balaban J connectivity index is 1.32. The van der Waals surface area contributed by atoms with Gasteiger partial charge in [-0.05, 0) is 81.7 Å². The highest BCUT2D eigenvalue weighted by Gasteiger charge is 2.26. The van der Waals surface area contributed by atoms with Crippen LogP contribution >= 0.6 is 11.3 Å². The molecular weight excluding hydrogens is 687 g/mol. The van der Waals surface area contributed by atoms with E-state index in [0.717, 1.165) is 33.2 Å². The van der Waals surface area contributed by atoms with E-state index in [-0.39, 0.29) is 31.5 Å². The zero-order valence-corrected chi connectivity index (χ0v) is 29.4. The fraction of sp³-hybridized carbons (Fsp3) is 0. The predicted octanol–water partition coefficient (Wildman–Crippen LogP) is 15.5. The molecule has 0 atom stereocenters. The minimum absolute atomic E-state index is 0.00197. The van der Waals surface area contributed by atoms with E-state index in [1.807, 2.05) is 84.9 Å². The minimum atomic E-state index is -0.795. The maximum absolute atomic E-state index is 9.73. The number of ether oxygens (including phenoxy) is 1. The van der Waals surface area contributed by atoms with Crippen LogP contribution < -0.4 is 9.64 Å². The van der Waals surface area contributed by atoms with Gasteiger partial charge in [-0.1, -0.05) is 151 Å². The summed E-state index contributed by atoms with van der Waals surface area (Å²) in [5, 5.41) is 1.42. The Hall–Kier alpha value is -6.94. The molecule has 1 aliphatic rings. The van der Waals surface area contributed by atoms with E-state index in [0.29, 0.717) is 33.8 Å². The first-order valence-corrected chi connectivity index (χ1v) is 18.2. The van der Waals surface area contributed by atoms with Crippen molar-refractivity contribution in [2.24, 2.45) is 0 Å². The molecule has 3 heteroatoms. The average molecular weight is 736 g/mol. The third kappa shape index (κ3) is 5.24. The molecule has 11 rings (SSSR count). The number of benzene rings is 9. The second kappa shape index (κ2) is 12.9. The molecule has 2 nitrogen and oxygen atoms in total. The molecule has 0 bridgehead atoms. The van der Waals surface area contributed by atoms with E-state index in [1.54, 1.807) is 18.2 Å². The maximum atomic E-state index is 9.73. The van der Waals surface area contributed by atoms with Crippen molar-refractivity contribution in [2.75, 3.05) is 4.90 Å². The topological polar surface area (TPSA) is 12.5 Å². The first-order valence-electron chi connectivity index (χ1n) is 25.4. The van der Waals surface area contributed by atoms with E-state index < -0.39 is 113 Å². The Morgan fingerprint density at radius 2 is 1.20 bits per heavy atom. The predicted molar refractivity (Wildman–Crippen MR) is 233 cm³/mol. The lowest BCUT2D eigenvalue weighted by atomic mass is 9.91. The molecule has 2 heterocycles. The monoisotopic (exact) mass is 735 g/mol. The van der Waals surface area contributed by atoms with Crippen LogP contribution in [0.15, 0.2) is 200 Å². The van der Waals surface area contributed by atoms with Crippen molar-refractivity contribution < 1.29 is 26.7 Å². The zero-order chi connectivity index (χ0) is 50.2. The van der Waals surface area contributed by atoms with Gasteiger partial charge < -0.3 is 9.64 Å². The molecule has 0 saturated carbocycles. The molecule has 0 N–H and O–H groups in total. The van der Waals surface area contributed by atoms with Crippen LogP contribution in [0, 0.1) is 0 Å². The van der Waals surface area contributed by atoms with Gasteiger partial charge in [0.15, 0.2) is 0 Å². The highest BCUT2D eigenvalue weighted by Crippen LogP contribution is 2.53. The summed E-state index contributed by atoms with van der Waals surface area (Å²) in [4.78, 5) is 1.26. The molecule has 258 valence electrons. The molecule has 0 aliphatic carbocycles. The molecule has 0 spiro atoms. The first-order chi connectivity index (χ1) is 33.9. The lowest BCUT2D eigenvalue weighted by molar-refractivity contribution is 0.493. The molecule has 0 amide bonds. The summed E-state index contributed by atoms with van der Waals surface area (Å²) in [5.41, 5.74) is 2.58. The van der Waals surface area contributed by atoms with Gasteiger partial charge in [-0.3, -0.25) is 0 Å². The number of fused-ring (bicyclic) bond motifs is 10. The Morgan fingerprint density at radius 1 is 0.455 bits per heavy atom. The van der Waals surface area contributed by atoms with Crippen LogP contribution in [0.5, 0.6) is 11.5 Å².